The van der Waals surface area contributed by atoms with Crippen LogP contribution in [0.3, 0.4) is 0 Å². The van der Waals surface area contributed by atoms with Crippen molar-refractivity contribution in [3.63, 3.8) is 0 Å². The van der Waals surface area contributed by atoms with Gasteiger partial charge >= 0.3 is 15.6 Å². The molecule has 0 spiro atoms. The minimum Gasteiger partial charge on any atom is -0.490 e. The van der Waals surface area contributed by atoms with Gasteiger partial charge in [-0.15, -0.1) is 16.4 Å². The van der Waals surface area contributed by atoms with E-state index in [1.54, 1.807) is 0 Å². The van der Waals surface area contributed by atoms with Crippen LogP contribution < -0.4 is 8.92 Å². The lowest BCUT2D eigenvalue weighted by molar-refractivity contribution is -0.127. The van der Waals surface area contributed by atoms with Gasteiger partial charge in [0.2, 0.25) is 17.6 Å². The van der Waals surface area contributed by atoms with Crippen LogP contribution >= 0.6 is 11.3 Å². The number of nitrogens with zero attached hydrogens (tertiary/aromatic N) is 5. The van der Waals surface area contributed by atoms with Gasteiger partial charge in [0.15, 0.2) is 0 Å². The third-order valence-electron chi connectivity index (χ3n) is 6.16. The average Bonchev–Trinajstić information content (AvgIpc) is 3.60. The zero-order valence-electron chi connectivity index (χ0n) is 21.7. The smallest absolute Gasteiger partial charge is 0.490 e. The number of fused-ring (bicyclic) bond motifs is 2. The first-order valence-corrected chi connectivity index (χ1v) is 14.4. The molecule has 11 nitrogen and oxygen atoms in total. The number of benzene rings is 1. The Labute approximate surface area is 240 Å². The van der Waals surface area contributed by atoms with Crippen molar-refractivity contribution in [1.29, 1.82) is 0 Å². The molecule has 0 fully saturated rings. The summed E-state index contributed by atoms with van der Waals surface area (Å²) >= 11 is 1.05. The van der Waals surface area contributed by atoms with Crippen LogP contribution in [0.25, 0.3) is 32.7 Å². The second-order valence-corrected chi connectivity index (χ2v) is 11.3. The Morgan fingerprint density at radius 1 is 1.19 bits per heavy atom. The highest BCUT2D eigenvalue weighted by atomic mass is 32.2. The van der Waals surface area contributed by atoms with E-state index in [0.717, 1.165) is 29.5 Å². The highest BCUT2D eigenvalue weighted by Gasteiger charge is 2.49. The fourth-order valence-electron chi connectivity index (χ4n) is 4.23. The van der Waals surface area contributed by atoms with E-state index in [1.165, 1.54) is 34.2 Å². The molecule has 1 aliphatic rings. The fraction of sp³-hybridized carbons (Fsp3) is 0.280. The minimum atomic E-state index is -6.09. The van der Waals surface area contributed by atoms with Gasteiger partial charge in [0.1, 0.15) is 29.7 Å². The Balaban J connectivity index is 1.74. The lowest BCUT2D eigenvalue weighted by atomic mass is 10.0. The van der Waals surface area contributed by atoms with Gasteiger partial charge in [-0.1, -0.05) is 6.58 Å². The van der Waals surface area contributed by atoms with E-state index in [2.05, 4.69) is 25.8 Å². The molecule has 1 aliphatic heterocycles. The molecule has 0 unspecified atom stereocenters. The number of carbonyl (C=O) groups is 1. The number of halogens is 4. The van der Waals surface area contributed by atoms with E-state index in [9.17, 15) is 30.8 Å². The van der Waals surface area contributed by atoms with Crippen LogP contribution in [0.1, 0.15) is 5.82 Å². The molecular formula is C25H21F4N5O6S2. The van der Waals surface area contributed by atoms with Crippen LogP contribution in [0.4, 0.5) is 17.6 Å². The van der Waals surface area contributed by atoms with Crippen LogP contribution in [0.5, 0.6) is 11.6 Å². The number of amides is 1. The molecule has 5 rings (SSSR count). The van der Waals surface area contributed by atoms with E-state index < -0.39 is 27.3 Å². The number of rotatable bonds is 9. The number of thiophene rings is 1. The van der Waals surface area contributed by atoms with Gasteiger partial charge < -0.3 is 18.6 Å². The maximum absolute atomic E-state index is 14.3. The molecule has 3 aromatic heterocycles. The third kappa shape index (κ3) is 5.54. The summed E-state index contributed by atoms with van der Waals surface area (Å²) in [6.07, 6.45) is 1.15. The van der Waals surface area contributed by atoms with Gasteiger partial charge in [-0.3, -0.25) is 4.79 Å². The van der Waals surface area contributed by atoms with Gasteiger partial charge in [0.25, 0.3) is 0 Å². The molecule has 0 aliphatic carbocycles. The summed E-state index contributed by atoms with van der Waals surface area (Å²) in [4.78, 5) is 22.3. The summed E-state index contributed by atoms with van der Waals surface area (Å²) < 4.78 is 95.1. The van der Waals surface area contributed by atoms with Crippen molar-refractivity contribution in [2.75, 3.05) is 26.9 Å². The molecule has 42 heavy (non-hydrogen) atoms. The molecule has 0 bridgehead atoms. The Hall–Kier alpha value is -4.09. The first kappa shape index (κ1) is 29.4. The van der Waals surface area contributed by atoms with E-state index in [1.807, 2.05) is 0 Å². The topological polar surface area (TPSA) is 126 Å². The SMILES string of the molecule is C=CC(=O)N1CCn2nc(-c3nc(OS(=O)(=O)C(F)(F)F)c4ccsc4c3-c3ccc(F)cc3OCCOC)nc2C1. The average molecular weight is 628 g/mol. The Morgan fingerprint density at radius 3 is 2.69 bits per heavy atom. The normalized spacial score (nSPS) is 13.7. The van der Waals surface area contributed by atoms with Crippen LogP contribution in [-0.2, 0) is 32.7 Å². The van der Waals surface area contributed by atoms with Crippen molar-refractivity contribution in [2.45, 2.75) is 18.6 Å². The molecule has 0 N–H and O–H groups in total. The molecule has 0 radical (unpaired) electrons. The van der Waals surface area contributed by atoms with Crippen molar-refractivity contribution >= 4 is 37.4 Å². The lowest BCUT2D eigenvalue weighted by Gasteiger charge is -2.25. The van der Waals surface area contributed by atoms with Gasteiger partial charge in [0.05, 0.1) is 25.1 Å². The van der Waals surface area contributed by atoms with Crippen molar-refractivity contribution < 1.29 is 44.4 Å². The Kier molecular flexibility index (Phi) is 7.91. The van der Waals surface area contributed by atoms with Crippen LogP contribution in [-0.4, -0.2) is 71.3 Å². The summed E-state index contributed by atoms with van der Waals surface area (Å²) in [5, 5.41) is 5.90. The van der Waals surface area contributed by atoms with Crippen LogP contribution in [0.2, 0.25) is 0 Å². The third-order valence-corrected chi connectivity index (χ3v) is 8.04. The molecule has 0 saturated carbocycles. The number of carbonyl (C=O) groups excluding carboxylic acids is 1. The molecule has 4 heterocycles. The number of ether oxygens (including phenoxy) is 2. The zero-order valence-corrected chi connectivity index (χ0v) is 23.4. The predicted octanol–water partition coefficient (Wildman–Crippen LogP) is 4.14. The number of aromatic nitrogens is 4. The van der Waals surface area contributed by atoms with E-state index in [-0.39, 0.29) is 70.7 Å². The molecule has 222 valence electrons. The summed E-state index contributed by atoms with van der Waals surface area (Å²) in [5.74, 6) is -1.49. The fourth-order valence-corrected chi connectivity index (χ4v) is 5.61. The van der Waals surface area contributed by atoms with Crippen molar-refractivity contribution in [3.8, 4) is 34.3 Å². The highest BCUT2D eigenvalue weighted by molar-refractivity contribution is 7.88. The molecule has 0 atom stereocenters. The summed E-state index contributed by atoms with van der Waals surface area (Å²) in [6, 6.07) is 5.02. The van der Waals surface area contributed by atoms with Gasteiger partial charge in [-0.05, 0) is 29.7 Å². The summed E-state index contributed by atoms with van der Waals surface area (Å²) in [7, 11) is -4.64. The molecule has 0 saturated heterocycles. The van der Waals surface area contributed by atoms with Crippen molar-refractivity contribution in [3.05, 3.63) is 53.9 Å². The van der Waals surface area contributed by atoms with Crippen LogP contribution in [0.15, 0.2) is 42.3 Å². The molecule has 1 aromatic carbocycles. The zero-order chi connectivity index (χ0) is 30.2. The van der Waals surface area contributed by atoms with Crippen LogP contribution in [0, 0.1) is 5.82 Å². The Morgan fingerprint density at radius 2 is 1.98 bits per heavy atom. The second kappa shape index (κ2) is 11.3. The second-order valence-electron chi connectivity index (χ2n) is 8.81. The van der Waals surface area contributed by atoms with Gasteiger partial charge in [-0.25, -0.2) is 19.0 Å². The molecule has 17 heteroatoms. The van der Waals surface area contributed by atoms with Gasteiger partial charge in [0, 0.05) is 35.5 Å². The first-order valence-electron chi connectivity index (χ1n) is 12.1. The summed E-state index contributed by atoms with van der Waals surface area (Å²) in [5.41, 5.74) is -5.35. The molecule has 1 amide bonds. The van der Waals surface area contributed by atoms with E-state index in [4.69, 9.17) is 9.47 Å². The number of alkyl halides is 3. The number of pyridine rings is 1. The maximum atomic E-state index is 14.3. The first-order chi connectivity index (χ1) is 19.9. The van der Waals surface area contributed by atoms with Crippen molar-refractivity contribution in [2.24, 2.45) is 0 Å². The standard InChI is InChI=1S/C25H21F4N5O6S2/c1-3-19(35)33-7-8-34-18(13-33)30-23(32-34)21-20(15-5-4-14(26)12-17(15)39-10-9-38-2)22-16(6-11-41-22)24(31-21)40-42(36,37)25(27,28)29/h3-6,11-12H,1,7-10,13H2,2H3. The Bertz CT molecular complexity index is 1790. The maximum Gasteiger partial charge on any atom is 0.534 e. The lowest BCUT2D eigenvalue weighted by Crippen LogP contribution is -2.37. The van der Waals surface area contributed by atoms with Crippen molar-refractivity contribution in [1.82, 2.24) is 24.6 Å². The number of methoxy groups -OCH3 is 1. The molecular weight excluding hydrogens is 606 g/mol. The summed E-state index contributed by atoms with van der Waals surface area (Å²) in [6.45, 7) is 4.28. The predicted molar refractivity (Wildman–Crippen MR) is 143 cm³/mol. The number of hydrogen-bond donors (Lipinski definition) is 0. The highest BCUT2D eigenvalue weighted by Crippen LogP contribution is 2.46. The largest absolute Gasteiger partial charge is 0.534 e. The number of hydrogen-bond acceptors (Lipinski definition) is 10. The molecule has 4 aromatic rings. The van der Waals surface area contributed by atoms with E-state index >= 15 is 0 Å². The quantitative estimate of drug-likeness (QED) is 0.0885. The van der Waals surface area contributed by atoms with E-state index in [0.29, 0.717) is 12.4 Å². The monoisotopic (exact) mass is 627 g/mol. The minimum absolute atomic E-state index is 0.0402. The van der Waals surface area contributed by atoms with Gasteiger partial charge in [-0.2, -0.15) is 21.6 Å².